The topological polar surface area (TPSA) is 83.8 Å². The maximum absolute atomic E-state index is 12.6. The van der Waals surface area contributed by atoms with Gasteiger partial charge in [0.05, 0.1) is 12.1 Å². The number of nitrogens with zero attached hydrogens (tertiary/aromatic N) is 2. The van der Waals surface area contributed by atoms with E-state index in [2.05, 4.69) is 11.4 Å². The van der Waals surface area contributed by atoms with E-state index in [1.54, 1.807) is 4.90 Å². The molecule has 0 saturated carbocycles. The third-order valence-electron chi connectivity index (χ3n) is 5.02. The number of carbonyl (C=O) groups excluding carboxylic acids is 1. The van der Waals surface area contributed by atoms with Gasteiger partial charge in [0.2, 0.25) is 12.7 Å². The molecule has 0 radical (unpaired) electrons. The molecule has 0 bridgehead atoms. The lowest BCUT2D eigenvalue weighted by molar-refractivity contribution is -0.133. The summed E-state index contributed by atoms with van der Waals surface area (Å²) in [7, 11) is 0. The first-order valence-corrected chi connectivity index (χ1v) is 8.73. The van der Waals surface area contributed by atoms with Gasteiger partial charge in [-0.05, 0) is 37.8 Å². The summed E-state index contributed by atoms with van der Waals surface area (Å²) >= 11 is 0. The second-order valence-electron chi connectivity index (χ2n) is 6.64. The van der Waals surface area contributed by atoms with E-state index in [0.29, 0.717) is 18.9 Å². The van der Waals surface area contributed by atoms with Gasteiger partial charge >= 0.3 is 0 Å². The van der Waals surface area contributed by atoms with Crippen molar-refractivity contribution in [2.75, 3.05) is 19.9 Å². The Bertz CT molecular complexity index is 702. The molecule has 132 valence electrons. The van der Waals surface area contributed by atoms with Crippen molar-refractivity contribution in [3.05, 3.63) is 18.2 Å². The Morgan fingerprint density at radius 1 is 1.32 bits per heavy atom. The van der Waals surface area contributed by atoms with Gasteiger partial charge < -0.3 is 19.1 Å². The van der Waals surface area contributed by atoms with Crippen molar-refractivity contribution in [2.45, 2.75) is 43.8 Å². The molecule has 7 nitrogen and oxygen atoms in total. The Balaban J connectivity index is 1.29. The lowest BCUT2D eigenvalue weighted by Crippen LogP contribution is -2.47. The smallest absolute Gasteiger partial charge is 0.240 e. The molecule has 0 aliphatic carbocycles. The molecule has 7 heteroatoms. The Hall–Kier alpha value is -2.46. The van der Waals surface area contributed by atoms with Gasteiger partial charge in [0, 0.05) is 18.7 Å². The van der Waals surface area contributed by atoms with Gasteiger partial charge in [0.1, 0.15) is 18.4 Å². The van der Waals surface area contributed by atoms with Gasteiger partial charge in [-0.15, -0.1) is 0 Å². The van der Waals surface area contributed by atoms with E-state index in [1.165, 1.54) is 0 Å². The predicted molar refractivity (Wildman–Crippen MR) is 88.4 cm³/mol. The molecular formula is C18H21N3O4. The van der Waals surface area contributed by atoms with Gasteiger partial charge in [-0.2, -0.15) is 5.26 Å². The van der Waals surface area contributed by atoms with Gasteiger partial charge in [-0.1, -0.05) is 0 Å². The van der Waals surface area contributed by atoms with Crippen molar-refractivity contribution in [2.24, 2.45) is 0 Å². The molecule has 0 spiro atoms. The molecule has 1 N–H and O–H groups in total. The monoisotopic (exact) mass is 343 g/mol. The van der Waals surface area contributed by atoms with Crippen LogP contribution in [0.25, 0.3) is 0 Å². The average molecular weight is 343 g/mol. The first-order chi connectivity index (χ1) is 12.2. The number of hydrogen-bond donors (Lipinski definition) is 1. The molecule has 3 heterocycles. The number of rotatable bonds is 4. The summed E-state index contributed by atoms with van der Waals surface area (Å²) < 4.78 is 16.5. The van der Waals surface area contributed by atoms with Crippen LogP contribution in [0.4, 0.5) is 0 Å². The van der Waals surface area contributed by atoms with E-state index >= 15 is 0 Å². The molecule has 4 rings (SSSR count). The minimum absolute atomic E-state index is 0.0506. The first kappa shape index (κ1) is 16.0. The summed E-state index contributed by atoms with van der Waals surface area (Å²) in [6, 6.07) is 7.39. The fraction of sp³-hybridized carbons (Fsp3) is 0.556. The minimum atomic E-state index is -0.266. The van der Waals surface area contributed by atoms with E-state index in [9.17, 15) is 4.79 Å². The molecule has 1 aromatic carbocycles. The van der Waals surface area contributed by atoms with Crippen LogP contribution in [0.3, 0.4) is 0 Å². The van der Waals surface area contributed by atoms with E-state index < -0.39 is 0 Å². The van der Waals surface area contributed by atoms with Gasteiger partial charge in [-0.3, -0.25) is 10.1 Å². The number of nitriles is 1. The van der Waals surface area contributed by atoms with Crippen LogP contribution in [-0.2, 0) is 4.79 Å². The summed E-state index contributed by atoms with van der Waals surface area (Å²) in [5.74, 6) is 2.20. The summed E-state index contributed by atoms with van der Waals surface area (Å²) in [4.78, 5) is 14.3. The summed E-state index contributed by atoms with van der Waals surface area (Å²) in [6.07, 6.45) is 3.35. The minimum Gasteiger partial charge on any atom is -0.492 e. The van der Waals surface area contributed by atoms with Crippen LogP contribution in [-0.4, -0.2) is 48.9 Å². The fourth-order valence-corrected chi connectivity index (χ4v) is 3.67. The number of likely N-dealkylation sites (tertiary alicyclic amines) is 1. The molecule has 3 atom stereocenters. The van der Waals surface area contributed by atoms with Crippen molar-refractivity contribution < 1.29 is 19.0 Å². The molecule has 1 amide bonds. The van der Waals surface area contributed by atoms with Gasteiger partial charge in [0.15, 0.2) is 11.5 Å². The highest BCUT2D eigenvalue weighted by Gasteiger charge is 2.36. The SMILES string of the molecule is N#C[C@@H]1CCCN1C(=O)[C@@H]1CC[C@H](COc2ccc3c(c2)OCO3)N1. The van der Waals surface area contributed by atoms with Crippen LogP contribution in [0.1, 0.15) is 25.7 Å². The highest BCUT2D eigenvalue weighted by molar-refractivity contribution is 5.83. The van der Waals surface area contributed by atoms with Crippen molar-refractivity contribution in [1.29, 1.82) is 5.26 Å². The molecule has 2 fully saturated rings. The second kappa shape index (κ2) is 6.81. The van der Waals surface area contributed by atoms with E-state index in [-0.39, 0.29) is 30.8 Å². The fourth-order valence-electron chi connectivity index (χ4n) is 3.67. The molecule has 1 aromatic rings. The number of fused-ring (bicyclic) bond motifs is 1. The molecule has 3 aliphatic rings. The Morgan fingerprint density at radius 3 is 3.08 bits per heavy atom. The highest BCUT2D eigenvalue weighted by atomic mass is 16.7. The summed E-state index contributed by atoms with van der Waals surface area (Å²) in [5.41, 5.74) is 0. The molecule has 2 saturated heterocycles. The Kier molecular flexibility index (Phi) is 4.36. The molecule has 3 aliphatic heterocycles. The zero-order valence-corrected chi connectivity index (χ0v) is 13.9. The number of ether oxygens (including phenoxy) is 3. The summed E-state index contributed by atoms with van der Waals surface area (Å²) in [6.45, 7) is 1.42. The van der Waals surface area contributed by atoms with E-state index in [1.807, 2.05) is 18.2 Å². The van der Waals surface area contributed by atoms with Crippen molar-refractivity contribution in [1.82, 2.24) is 10.2 Å². The number of amides is 1. The Morgan fingerprint density at radius 2 is 2.20 bits per heavy atom. The maximum Gasteiger partial charge on any atom is 0.240 e. The van der Waals surface area contributed by atoms with E-state index in [0.717, 1.165) is 37.2 Å². The van der Waals surface area contributed by atoms with Gasteiger partial charge in [-0.25, -0.2) is 0 Å². The van der Waals surface area contributed by atoms with Crippen molar-refractivity contribution in [3.63, 3.8) is 0 Å². The van der Waals surface area contributed by atoms with Crippen LogP contribution < -0.4 is 19.5 Å². The molecule has 0 aromatic heterocycles. The normalized spacial score (nSPS) is 27.3. The van der Waals surface area contributed by atoms with Gasteiger partial charge in [0.25, 0.3) is 0 Å². The first-order valence-electron chi connectivity index (χ1n) is 8.73. The second-order valence-corrected chi connectivity index (χ2v) is 6.64. The van der Waals surface area contributed by atoms with Crippen LogP contribution in [0.15, 0.2) is 18.2 Å². The van der Waals surface area contributed by atoms with Crippen LogP contribution in [0.2, 0.25) is 0 Å². The van der Waals surface area contributed by atoms with Crippen molar-refractivity contribution in [3.8, 4) is 23.3 Å². The lowest BCUT2D eigenvalue weighted by Gasteiger charge is -2.24. The number of nitrogens with one attached hydrogen (secondary N) is 1. The quantitative estimate of drug-likeness (QED) is 0.890. The van der Waals surface area contributed by atoms with Crippen LogP contribution in [0.5, 0.6) is 17.2 Å². The average Bonchev–Trinajstić information content (AvgIpc) is 3.38. The highest BCUT2D eigenvalue weighted by Crippen LogP contribution is 2.35. The number of benzene rings is 1. The molecular weight excluding hydrogens is 322 g/mol. The maximum atomic E-state index is 12.6. The number of hydrogen-bond acceptors (Lipinski definition) is 6. The zero-order chi connectivity index (χ0) is 17.2. The van der Waals surface area contributed by atoms with E-state index in [4.69, 9.17) is 19.5 Å². The third kappa shape index (κ3) is 3.22. The third-order valence-corrected chi connectivity index (χ3v) is 5.02. The largest absolute Gasteiger partial charge is 0.492 e. The predicted octanol–water partition coefficient (Wildman–Crippen LogP) is 1.43. The number of carbonyl (C=O) groups is 1. The van der Waals surface area contributed by atoms with Crippen molar-refractivity contribution >= 4 is 5.91 Å². The lowest BCUT2D eigenvalue weighted by atomic mass is 10.1. The standard InChI is InChI=1S/C18H21N3O4/c19-9-13-2-1-7-21(13)18(22)15-5-3-12(20-15)10-23-14-4-6-16-17(8-14)25-11-24-16/h4,6,8,12-13,15,20H,1-3,5,7,10-11H2/t12-,13+,15+/m1/s1. The zero-order valence-electron chi connectivity index (χ0n) is 13.9. The Labute approximate surface area is 146 Å². The molecule has 25 heavy (non-hydrogen) atoms. The summed E-state index contributed by atoms with van der Waals surface area (Å²) in [5, 5.41) is 12.5. The van der Waals surface area contributed by atoms with Crippen LogP contribution >= 0.6 is 0 Å². The van der Waals surface area contributed by atoms with Crippen LogP contribution in [0, 0.1) is 11.3 Å². The molecule has 0 unspecified atom stereocenters.